The molecule has 1 aromatic heterocycles. The third kappa shape index (κ3) is 2.44. The molecule has 0 radical (unpaired) electrons. The second-order valence-electron chi connectivity index (χ2n) is 7.59. The van der Waals surface area contributed by atoms with Gasteiger partial charge in [-0.15, -0.1) is 0 Å². The fraction of sp³-hybridized carbons (Fsp3) is 0.261. The number of pyridine rings is 1. The van der Waals surface area contributed by atoms with Crippen molar-refractivity contribution in [3.05, 3.63) is 77.0 Å². The number of hydrogen-bond donors (Lipinski definition) is 0. The van der Waals surface area contributed by atoms with E-state index in [4.69, 9.17) is 4.74 Å². The maximum Gasteiger partial charge on any atom is 0.212 e. The first-order valence-electron chi connectivity index (χ1n) is 8.77. The molecule has 0 bridgehead atoms. The Morgan fingerprint density at radius 2 is 1.64 bits per heavy atom. The summed E-state index contributed by atoms with van der Waals surface area (Å²) in [7, 11) is 2.11. The van der Waals surface area contributed by atoms with Crippen LogP contribution in [0.5, 0.6) is 11.5 Å². The molecule has 0 atom stereocenters. The van der Waals surface area contributed by atoms with Gasteiger partial charge in [-0.1, -0.05) is 32.0 Å². The highest BCUT2D eigenvalue weighted by atomic mass is 16.5. The predicted molar refractivity (Wildman–Crippen MR) is 101 cm³/mol. The first-order valence-corrected chi connectivity index (χ1v) is 8.77. The molecule has 2 heterocycles. The SMILES string of the molecule is Cc1ccc(-c2cc3c(cc2C)Oc2ccccc2C3(C)C)[n+](C)c1. The first-order chi connectivity index (χ1) is 11.9. The van der Waals surface area contributed by atoms with E-state index in [9.17, 15) is 0 Å². The summed E-state index contributed by atoms with van der Waals surface area (Å²) in [6, 6.07) is 17.2. The fourth-order valence-corrected chi connectivity index (χ4v) is 3.89. The lowest BCUT2D eigenvalue weighted by Gasteiger charge is -2.35. The average Bonchev–Trinajstić information content (AvgIpc) is 2.55. The first kappa shape index (κ1) is 15.9. The Bertz CT molecular complexity index is 985. The van der Waals surface area contributed by atoms with Gasteiger partial charge < -0.3 is 4.74 Å². The van der Waals surface area contributed by atoms with E-state index >= 15 is 0 Å². The van der Waals surface area contributed by atoms with Crippen molar-refractivity contribution in [1.82, 2.24) is 0 Å². The molecule has 3 aromatic rings. The van der Waals surface area contributed by atoms with Gasteiger partial charge in [-0.2, -0.15) is 0 Å². The molecule has 0 aliphatic carbocycles. The minimum absolute atomic E-state index is 0.0874. The molecule has 0 N–H and O–H groups in total. The topological polar surface area (TPSA) is 13.1 Å². The lowest BCUT2D eigenvalue weighted by molar-refractivity contribution is -0.660. The second-order valence-corrected chi connectivity index (χ2v) is 7.59. The maximum atomic E-state index is 6.23. The Morgan fingerprint density at radius 1 is 0.880 bits per heavy atom. The van der Waals surface area contributed by atoms with E-state index in [1.165, 1.54) is 33.5 Å². The number of benzene rings is 2. The molecule has 0 saturated heterocycles. The van der Waals surface area contributed by atoms with Crippen molar-refractivity contribution in [3.63, 3.8) is 0 Å². The zero-order valence-corrected chi connectivity index (χ0v) is 15.6. The smallest absolute Gasteiger partial charge is 0.212 e. The van der Waals surface area contributed by atoms with Crippen LogP contribution in [-0.2, 0) is 12.5 Å². The standard InChI is InChI=1S/C23H24NO/c1-15-10-11-20(24(5)14-15)17-13-19-22(12-16(17)2)25-21-9-7-6-8-18(21)23(19,3)4/h6-14H,1-5H3/q+1. The molecule has 0 saturated carbocycles. The monoisotopic (exact) mass is 330 g/mol. The molecular weight excluding hydrogens is 306 g/mol. The van der Waals surface area contributed by atoms with Crippen LogP contribution in [0.2, 0.25) is 0 Å². The highest BCUT2D eigenvalue weighted by Crippen LogP contribution is 2.49. The van der Waals surface area contributed by atoms with E-state index in [2.05, 4.69) is 88.0 Å². The lowest BCUT2D eigenvalue weighted by atomic mass is 9.75. The Morgan fingerprint density at radius 3 is 2.40 bits per heavy atom. The largest absolute Gasteiger partial charge is 0.457 e. The number of aryl methyl sites for hydroxylation is 3. The Labute approximate surface area is 149 Å². The van der Waals surface area contributed by atoms with Crippen LogP contribution >= 0.6 is 0 Å². The number of fused-ring (bicyclic) bond motifs is 2. The van der Waals surface area contributed by atoms with Crippen LogP contribution in [0.4, 0.5) is 0 Å². The highest BCUT2D eigenvalue weighted by molar-refractivity contribution is 5.68. The normalized spacial score (nSPS) is 14.4. The third-order valence-electron chi connectivity index (χ3n) is 5.34. The molecular formula is C23H24NO+. The van der Waals surface area contributed by atoms with Gasteiger partial charge in [0.15, 0.2) is 6.20 Å². The van der Waals surface area contributed by atoms with Crippen LogP contribution in [0.25, 0.3) is 11.3 Å². The Hall–Kier alpha value is -2.61. The summed E-state index contributed by atoms with van der Waals surface area (Å²) in [6.07, 6.45) is 2.17. The second kappa shape index (κ2) is 5.45. The van der Waals surface area contributed by atoms with Crippen LogP contribution in [-0.4, -0.2) is 0 Å². The number of aromatic nitrogens is 1. The van der Waals surface area contributed by atoms with E-state index < -0.39 is 0 Å². The van der Waals surface area contributed by atoms with Crippen molar-refractivity contribution in [2.45, 2.75) is 33.1 Å². The van der Waals surface area contributed by atoms with Crippen molar-refractivity contribution in [1.29, 1.82) is 0 Å². The molecule has 25 heavy (non-hydrogen) atoms. The molecule has 2 heteroatoms. The lowest BCUT2D eigenvalue weighted by Crippen LogP contribution is -2.31. The third-order valence-corrected chi connectivity index (χ3v) is 5.34. The van der Waals surface area contributed by atoms with Crippen LogP contribution in [0.3, 0.4) is 0 Å². The summed E-state index contributed by atoms with van der Waals surface area (Å²) < 4.78 is 8.43. The van der Waals surface area contributed by atoms with Gasteiger partial charge in [0.05, 0.1) is 0 Å². The van der Waals surface area contributed by atoms with Gasteiger partial charge in [0.25, 0.3) is 0 Å². The fourth-order valence-electron chi connectivity index (χ4n) is 3.89. The molecule has 2 aromatic carbocycles. The van der Waals surface area contributed by atoms with Crippen LogP contribution in [0, 0.1) is 13.8 Å². The number of ether oxygens (including phenoxy) is 1. The van der Waals surface area contributed by atoms with E-state index in [0.717, 1.165) is 11.5 Å². The summed E-state index contributed by atoms with van der Waals surface area (Å²) in [6.45, 7) is 8.84. The molecule has 0 amide bonds. The van der Waals surface area contributed by atoms with Crippen molar-refractivity contribution in [2.24, 2.45) is 7.05 Å². The van der Waals surface area contributed by atoms with E-state index in [-0.39, 0.29) is 5.41 Å². The van der Waals surface area contributed by atoms with E-state index in [1.807, 2.05) is 6.07 Å². The van der Waals surface area contributed by atoms with Crippen LogP contribution in [0.15, 0.2) is 54.7 Å². The number of hydrogen-bond acceptors (Lipinski definition) is 1. The van der Waals surface area contributed by atoms with Gasteiger partial charge in [-0.05, 0) is 43.7 Å². The molecule has 0 fully saturated rings. The average molecular weight is 330 g/mol. The predicted octanol–water partition coefficient (Wildman–Crippen LogP) is 5.23. The quantitative estimate of drug-likeness (QED) is 0.557. The summed E-state index contributed by atoms with van der Waals surface area (Å²) in [5.41, 5.74) is 7.37. The molecule has 2 nitrogen and oxygen atoms in total. The molecule has 0 unspecified atom stereocenters. The van der Waals surface area contributed by atoms with E-state index in [0.29, 0.717) is 0 Å². The van der Waals surface area contributed by atoms with Gasteiger partial charge in [0.1, 0.15) is 18.5 Å². The number of rotatable bonds is 1. The Balaban J connectivity index is 1.93. The van der Waals surface area contributed by atoms with Gasteiger partial charge in [0, 0.05) is 33.7 Å². The molecule has 4 rings (SSSR count). The maximum absolute atomic E-state index is 6.23. The molecule has 1 aliphatic heterocycles. The zero-order valence-electron chi connectivity index (χ0n) is 15.6. The van der Waals surface area contributed by atoms with Gasteiger partial charge in [-0.25, -0.2) is 4.57 Å². The summed E-state index contributed by atoms with van der Waals surface area (Å²) in [5.74, 6) is 1.94. The minimum atomic E-state index is -0.0874. The molecule has 126 valence electrons. The van der Waals surface area contributed by atoms with E-state index in [1.54, 1.807) is 0 Å². The van der Waals surface area contributed by atoms with Crippen molar-refractivity contribution in [2.75, 3.05) is 0 Å². The number of nitrogens with zero attached hydrogens (tertiary/aromatic N) is 1. The summed E-state index contributed by atoms with van der Waals surface area (Å²) in [5, 5.41) is 0. The summed E-state index contributed by atoms with van der Waals surface area (Å²) >= 11 is 0. The number of para-hydroxylation sites is 1. The van der Waals surface area contributed by atoms with Crippen LogP contribution < -0.4 is 9.30 Å². The zero-order chi connectivity index (χ0) is 17.8. The highest BCUT2D eigenvalue weighted by Gasteiger charge is 2.35. The van der Waals surface area contributed by atoms with Crippen LogP contribution in [0.1, 0.15) is 36.1 Å². The van der Waals surface area contributed by atoms with Gasteiger partial charge >= 0.3 is 0 Å². The van der Waals surface area contributed by atoms with Gasteiger partial charge in [-0.3, -0.25) is 0 Å². The van der Waals surface area contributed by atoms with Gasteiger partial charge in [0.2, 0.25) is 5.69 Å². The Kier molecular flexibility index (Phi) is 3.47. The molecule has 0 spiro atoms. The van der Waals surface area contributed by atoms with Crippen molar-refractivity contribution < 1.29 is 9.30 Å². The minimum Gasteiger partial charge on any atom is -0.457 e. The summed E-state index contributed by atoms with van der Waals surface area (Å²) in [4.78, 5) is 0. The molecule has 1 aliphatic rings. The van der Waals surface area contributed by atoms with Crippen molar-refractivity contribution in [3.8, 4) is 22.8 Å². The van der Waals surface area contributed by atoms with Crippen molar-refractivity contribution >= 4 is 0 Å².